The number of anilines is 1. The normalized spacial score (nSPS) is 18.6. The molecule has 0 atom stereocenters. The Labute approximate surface area is 93.3 Å². The number of hydrogen-bond donors (Lipinski definition) is 1. The van der Waals surface area contributed by atoms with Gasteiger partial charge in [-0.2, -0.15) is 5.26 Å². The maximum atomic E-state index is 11.8. The van der Waals surface area contributed by atoms with E-state index < -0.39 is 0 Å². The van der Waals surface area contributed by atoms with Crippen molar-refractivity contribution < 1.29 is 0 Å². The van der Waals surface area contributed by atoms with Gasteiger partial charge in [0.05, 0.1) is 24.7 Å². The Kier molecular flexibility index (Phi) is 2.03. The third-order valence-corrected chi connectivity index (χ3v) is 3.63. The van der Waals surface area contributed by atoms with Gasteiger partial charge in [-0.15, -0.1) is 0 Å². The molecule has 0 aliphatic carbocycles. The summed E-state index contributed by atoms with van der Waals surface area (Å²) in [5.74, 6) is 0.512. The van der Waals surface area contributed by atoms with Gasteiger partial charge < -0.3 is 4.90 Å². The van der Waals surface area contributed by atoms with Gasteiger partial charge in [-0.05, 0) is 12.8 Å². The zero-order valence-corrected chi connectivity index (χ0v) is 9.07. The fourth-order valence-electron chi connectivity index (χ4n) is 2.91. The molecule has 0 saturated carbocycles. The molecule has 3 aliphatic rings. The second-order valence-electron chi connectivity index (χ2n) is 4.50. The molecule has 4 rings (SSSR count). The smallest absolute Gasteiger partial charge is 0.287 e. The van der Waals surface area contributed by atoms with Gasteiger partial charge in [0.25, 0.3) is 5.56 Å². The van der Waals surface area contributed by atoms with E-state index in [1.807, 2.05) is 4.68 Å². The predicted octanol–water partition coefficient (Wildman–Crippen LogP) is 0.787. The highest BCUT2D eigenvalue weighted by Crippen LogP contribution is 2.39. The molecule has 5 nitrogen and oxygen atoms in total. The number of piperidine rings is 1. The summed E-state index contributed by atoms with van der Waals surface area (Å²) >= 11 is 0. The number of nitrogens with zero attached hydrogens (tertiary/aromatic N) is 3. The fraction of sp³-hybridized carbons (Fsp3) is 0.636. The van der Waals surface area contributed by atoms with Crippen LogP contribution in [0.4, 0.5) is 5.69 Å². The lowest BCUT2D eigenvalue weighted by atomic mass is 9.87. The van der Waals surface area contributed by atoms with Crippen LogP contribution >= 0.6 is 0 Å². The Hall–Kier alpha value is -1.70. The van der Waals surface area contributed by atoms with Crippen molar-refractivity contribution in [3.63, 3.8) is 0 Å². The molecule has 1 fully saturated rings. The molecule has 1 aromatic rings. The van der Waals surface area contributed by atoms with E-state index in [1.165, 1.54) is 0 Å². The van der Waals surface area contributed by atoms with E-state index in [0.29, 0.717) is 18.9 Å². The number of aryl methyl sites for hydroxylation is 1. The summed E-state index contributed by atoms with van der Waals surface area (Å²) in [6.07, 6.45) is 2.72. The lowest BCUT2D eigenvalue weighted by molar-refractivity contribution is 0.436. The van der Waals surface area contributed by atoms with E-state index >= 15 is 0 Å². The zero-order chi connectivity index (χ0) is 11.1. The summed E-state index contributed by atoms with van der Waals surface area (Å²) in [4.78, 5) is 14.0. The number of nitriles is 1. The van der Waals surface area contributed by atoms with Crippen molar-refractivity contribution in [2.24, 2.45) is 0 Å². The van der Waals surface area contributed by atoms with E-state index in [1.54, 1.807) is 0 Å². The summed E-state index contributed by atoms with van der Waals surface area (Å²) < 4.78 is 1.89. The summed E-state index contributed by atoms with van der Waals surface area (Å²) in [6.45, 7) is 2.61. The van der Waals surface area contributed by atoms with Crippen molar-refractivity contribution >= 4 is 5.69 Å². The van der Waals surface area contributed by atoms with Crippen LogP contribution in [0.15, 0.2) is 4.79 Å². The van der Waals surface area contributed by atoms with Gasteiger partial charge in [0, 0.05) is 19.0 Å². The Morgan fingerprint density at radius 2 is 2.19 bits per heavy atom. The van der Waals surface area contributed by atoms with Crippen molar-refractivity contribution in [2.45, 2.75) is 31.7 Å². The number of nitrogens with one attached hydrogen (secondary N) is 1. The molecule has 3 aliphatic heterocycles. The van der Waals surface area contributed by atoms with Crippen LogP contribution in [0.3, 0.4) is 0 Å². The van der Waals surface area contributed by atoms with E-state index in [2.05, 4.69) is 16.1 Å². The first-order valence-electron chi connectivity index (χ1n) is 5.76. The van der Waals surface area contributed by atoms with Crippen LogP contribution in [-0.4, -0.2) is 22.9 Å². The minimum absolute atomic E-state index is 0.0114. The Bertz CT molecular complexity index is 499. The molecule has 2 bridgehead atoms. The maximum absolute atomic E-state index is 11.8. The Balaban J connectivity index is 2.07. The summed E-state index contributed by atoms with van der Waals surface area (Å²) in [5, 5.41) is 11.5. The van der Waals surface area contributed by atoms with Crippen molar-refractivity contribution in [3.8, 4) is 6.07 Å². The van der Waals surface area contributed by atoms with Gasteiger partial charge in [-0.3, -0.25) is 14.6 Å². The van der Waals surface area contributed by atoms with Crippen LogP contribution in [0.1, 0.15) is 30.9 Å². The van der Waals surface area contributed by atoms with E-state index in [0.717, 1.165) is 37.3 Å². The van der Waals surface area contributed by atoms with Crippen molar-refractivity contribution in [2.75, 3.05) is 18.0 Å². The molecular formula is C11H14N4O. The van der Waals surface area contributed by atoms with E-state index in [9.17, 15) is 4.79 Å². The lowest BCUT2D eigenvalue weighted by Crippen LogP contribution is -2.41. The van der Waals surface area contributed by atoms with Gasteiger partial charge in [-0.1, -0.05) is 0 Å². The van der Waals surface area contributed by atoms with Crippen LogP contribution in [0.25, 0.3) is 0 Å². The molecule has 4 heterocycles. The number of aromatic amines is 1. The van der Waals surface area contributed by atoms with E-state index in [4.69, 9.17) is 5.26 Å². The summed E-state index contributed by atoms with van der Waals surface area (Å²) in [7, 11) is 0. The van der Waals surface area contributed by atoms with Crippen LogP contribution in [0.2, 0.25) is 0 Å². The maximum Gasteiger partial charge on any atom is 0.287 e. The molecule has 0 unspecified atom stereocenters. The number of hydrogen-bond acceptors (Lipinski definition) is 3. The minimum atomic E-state index is 0.0114. The number of aromatic nitrogens is 2. The monoisotopic (exact) mass is 218 g/mol. The molecule has 5 heteroatoms. The van der Waals surface area contributed by atoms with Gasteiger partial charge in [0.2, 0.25) is 0 Å². The van der Waals surface area contributed by atoms with Crippen LogP contribution in [0, 0.1) is 11.3 Å². The summed E-state index contributed by atoms with van der Waals surface area (Å²) in [6, 6.07) is 2.12. The third-order valence-electron chi connectivity index (χ3n) is 3.63. The first-order chi connectivity index (χ1) is 7.81. The topological polar surface area (TPSA) is 64.8 Å². The lowest BCUT2D eigenvalue weighted by Gasteiger charge is -2.39. The van der Waals surface area contributed by atoms with Gasteiger partial charge in [0.1, 0.15) is 5.69 Å². The van der Waals surface area contributed by atoms with Crippen molar-refractivity contribution in [3.05, 3.63) is 16.0 Å². The minimum Gasteiger partial charge on any atom is -0.366 e. The molecule has 0 spiro atoms. The first kappa shape index (κ1) is 9.52. The first-order valence-corrected chi connectivity index (χ1v) is 5.76. The zero-order valence-electron chi connectivity index (χ0n) is 9.07. The summed E-state index contributed by atoms with van der Waals surface area (Å²) in [5.41, 5.74) is 2.01. The number of fused-ring (bicyclic) bond motifs is 2. The highest BCUT2D eigenvalue weighted by molar-refractivity contribution is 5.55. The van der Waals surface area contributed by atoms with Crippen molar-refractivity contribution in [1.82, 2.24) is 9.78 Å². The number of rotatable bonds is 2. The van der Waals surface area contributed by atoms with Gasteiger partial charge in [0.15, 0.2) is 0 Å². The quantitative estimate of drug-likeness (QED) is 0.798. The molecular weight excluding hydrogens is 204 g/mol. The van der Waals surface area contributed by atoms with Crippen molar-refractivity contribution in [1.29, 1.82) is 5.26 Å². The highest BCUT2D eigenvalue weighted by Gasteiger charge is 2.35. The molecule has 1 N–H and O–H groups in total. The molecule has 1 saturated heterocycles. The highest BCUT2D eigenvalue weighted by atomic mass is 16.1. The predicted molar refractivity (Wildman–Crippen MR) is 59.5 cm³/mol. The third kappa shape index (κ3) is 1.19. The van der Waals surface area contributed by atoms with Crippen LogP contribution in [-0.2, 0) is 6.54 Å². The number of H-pyrrole nitrogens is 1. The molecule has 0 amide bonds. The average molecular weight is 218 g/mol. The van der Waals surface area contributed by atoms with Gasteiger partial charge in [-0.25, -0.2) is 0 Å². The average Bonchev–Trinajstić information content (AvgIpc) is 2.68. The molecule has 0 radical (unpaired) electrons. The standard InChI is InChI=1S/C11H14N4O/c12-4-1-5-15-9-8-2-6-14(7-3-8)10(9)11(16)13-15/h8H,1-3,5-7H2,(H,13,16). The molecule has 1 aromatic heterocycles. The van der Waals surface area contributed by atoms with Gasteiger partial charge >= 0.3 is 0 Å². The van der Waals surface area contributed by atoms with Crippen LogP contribution < -0.4 is 10.5 Å². The Morgan fingerprint density at radius 3 is 2.88 bits per heavy atom. The fourth-order valence-corrected chi connectivity index (χ4v) is 2.91. The second kappa shape index (κ2) is 3.41. The SMILES string of the molecule is N#CCCn1[nH]c(=O)c2c1C1CCN2CC1. The molecule has 84 valence electrons. The molecule has 16 heavy (non-hydrogen) atoms. The largest absolute Gasteiger partial charge is 0.366 e. The van der Waals surface area contributed by atoms with Crippen LogP contribution in [0.5, 0.6) is 0 Å². The van der Waals surface area contributed by atoms with E-state index in [-0.39, 0.29) is 5.56 Å². The Morgan fingerprint density at radius 1 is 1.44 bits per heavy atom. The second-order valence-corrected chi connectivity index (χ2v) is 4.50. The molecule has 0 aromatic carbocycles.